The van der Waals surface area contributed by atoms with E-state index in [4.69, 9.17) is 9.47 Å². The highest BCUT2D eigenvalue weighted by Gasteiger charge is 2.27. The lowest BCUT2D eigenvalue weighted by molar-refractivity contribution is 0.174. The first kappa shape index (κ1) is 12.3. The van der Waals surface area contributed by atoms with Gasteiger partial charge in [0.2, 0.25) is 6.79 Å². The van der Waals surface area contributed by atoms with Crippen LogP contribution < -0.4 is 14.4 Å². The zero-order valence-electron chi connectivity index (χ0n) is 11.9. The maximum absolute atomic E-state index is 5.48. The molecule has 4 rings (SSSR count). The largest absolute Gasteiger partial charge is 0.454 e. The molecule has 0 saturated carbocycles. The zero-order chi connectivity index (χ0) is 13.4. The Labute approximate surface area is 120 Å². The number of nitrogens with zero attached hydrogens (tertiary/aromatic N) is 2. The van der Waals surface area contributed by atoms with Crippen LogP contribution in [-0.4, -0.2) is 43.9 Å². The van der Waals surface area contributed by atoms with Gasteiger partial charge in [-0.1, -0.05) is 0 Å². The van der Waals surface area contributed by atoms with E-state index in [0.29, 0.717) is 6.79 Å². The standard InChI is InChI=1S/C16H22N2O2/c1-2-8-17(7-1)13-5-9-18(10-6-13)14-3-4-15-16(11-14)20-12-19-15/h3-4,11,13H,1-2,5-10,12H2. The van der Waals surface area contributed by atoms with Gasteiger partial charge in [0.25, 0.3) is 0 Å². The van der Waals surface area contributed by atoms with Gasteiger partial charge >= 0.3 is 0 Å². The fourth-order valence-electron chi connectivity index (χ4n) is 3.68. The molecule has 4 nitrogen and oxygen atoms in total. The minimum Gasteiger partial charge on any atom is -0.454 e. The van der Waals surface area contributed by atoms with Gasteiger partial charge in [-0.3, -0.25) is 0 Å². The summed E-state index contributed by atoms with van der Waals surface area (Å²) in [7, 11) is 0. The van der Waals surface area contributed by atoms with E-state index in [-0.39, 0.29) is 0 Å². The maximum atomic E-state index is 5.48. The SMILES string of the molecule is c1cc2c(cc1N1CCC(N3CCCC3)CC1)OCO2. The molecule has 20 heavy (non-hydrogen) atoms. The number of likely N-dealkylation sites (tertiary alicyclic amines) is 1. The number of hydrogen-bond acceptors (Lipinski definition) is 4. The molecule has 0 bridgehead atoms. The lowest BCUT2D eigenvalue weighted by atomic mass is 10.0. The fourth-order valence-corrected chi connectivity index (χ4v) is 3.68. The van der Waals surface area contributed by atoms with Crippen LogP contribution in [0, 0.1) is 0 Å². The second-order valence-corrected chi connectivity index (χ2v) is 6.00. The minimum absolute atomic E-state index is 0.357. The third kappa shape index (κ3) is 2.22. The Morgan fingerprint density at radius 2 is 1.65 bits per heavy atom. The van der Waals surface area contributed by atoms with Gasteiger partial charge in [0, 0.05) is 30.9 Å². The van der Waals surface area contributed by atoms with E-state index in [1.54, 1.807) is 0 Å². The van der Waals surface area contributed by atoms with E-state index in [1.165, 1.54) is 44.5 Å². The number of hydrogen-bond donors (Lipinski definition) is 0. The summed E-state index contributed by atoms with van der Waals surface area (Å²) in [6.07, 6.45) is 5.35. The van der Waals surface area contributed by atoms with Crippen molar-refractivity contribution in [2.24, 2.45) is 0 Å². The number of fused-ring (bicyclic) bond motifs is 1. The third-order valence-electron chi connectivity index (χ3n) is 4.84. The van der Waals surface area contributed by atoms with Crippen molar-refractivity contribution in [3.8, 4) is 11.5 Å². The van der Waals surface area contributed by atoms with E-state index in [0.717, 1.165) is 30.6 Å². The summed E-state index contributed by atoms with van der Waals surface area (Å²) in [6, 6.07) is 7.12. The molecule has 3 aliphatic rings. The van der Waals surface area contributed by atoms with Gasteiger partial charge < -0.3 is 19.3 Å². The van der Waals surface area contributed by atoms with Crippen molar-refractivity contribution in [2.45, 2.75) is 31.7 Å². The smallest absolute Gasteiger partial charge is 0.231 e. The van der Waals surface area contributed by atoms with Crippen LogP contribution >= 0.6 is 0 Å². The molecule has 3 aliphatic heterocycles. The topological polar surface area (TPSA) is 24.9 Å². The number of rotatable bonds is 2. The average Bonchev–Trinajstić information content (AvgIpc) is 3.18. The van der Waals surface area contributed by atoms with Crippen LogP contribution in [0.25, 0.3) is 0 Å². The van der Waals surface area contributed by atoms with Gasteiger partial charge in [-0.15, -0.1) is 0 Å². The Morgan fingerprint density at radius 1 is 0.900 bits per heavy atom. The summed E-state index contributed by atoms with van der Waals surface area (Å²) in [4.78, 5) is 5.17. The summed E-state index contributed by atoms with van der Waals surface area (Å²) >= 11 is 0. The van der Waals surface area contributed by atoms with E-state index in [1.807, 2.05) is 6.07 Å². The van der Waals surface area contributed by atoms with Crippen molar-refractivity contribution in [3.63, 3.8) is 0 Å². The first-order chi connectivity index (χ1) is 9.90. The van der Waals surface area contributed by atoms with Crippen molar-refractivity contribution in [1.82, 2.24) is 4.90 Å². The molecule has 108 valence electrons. The van der Waals surface area contributed by atoms with E-state index in [9.17, 15) is 0 Å². The molecule has 1 aromatic carbocycles. The van der Waals surface area contributed by atoms with Crippen molar-refractivity contribution in [2.75, 3.05) is 37.9 Å². The lowest BCUT2D eigenvalue weighted by Crippen LogP contribution is -2.43. The summed E-state index contributed by atoms with van der Waals surface area (Å²) in [5, 5.41) is 0. The first-order valence-corrected chi connectivity index (χ1v) is 7.79. The Morgan fingerprint density at radius 3 is 2.45 bits per heavy atom. The monoisotopic (exact) mass is 274 g/mol. The van der Waals surface area contributed by atoms with Crippen LogP contribution in [0.5, 0.6) is 11.5 Å². The quantitative estimate of drug-likeness (QED) is 0.827. The Bertz CT molecular complexity index is 477. The highest BCUT2D eigenvalue weighted by Crippen LogP contribution is 2.36. The predicted octanol–water partition coefficient (Wildman–Crippen LogP) is 2.48. The van der Waals surface area contributed by atoms with Crippen LogP contribution in [-0.2, 0) is 0 Å². The Balaban J connectivity index is 1.41. The Kier molecular flexibility index (Phi) is 3.19. The molecule has 0 amide bonds. The fraction of sp³-hybridized carbons (Fsp3) is 0.625. The molecule has 0 radical (unpaired) electrons. The van der Waals surface area contributed by atoms with Crippen molar-refractivity contribution >= 4 is 5.69 Å². The summed E-state index contributed by atoms with van der Waals surface area (Å²) in [5.41, 5.74) is 1.27. The van der Waals surface area contributed by atoms with E-state index >= 15 is 0 Å². The van der Waals surface area contributed by atoms with E-state index < -0.39 is 0 Å². The number of benzene rings is 1. The van der Waals surface area contributed by atoms with Crippen LogP contribution in [0.15, 0.2) is 18.2 Å². The highest BCUT2D eigenvalue weighted by atomic mass is 16.7. The summed E-state index contributed by atoms with van der Waals surface area (Å²) in [5.74, 6) is 1.77. The molecule has 4 heteroatoms. The number of anilines is 1. The molecule has 1 aromatic rings. The second kappa shape index (κ2) is 5.17. The van der Waals surface area contributed by atoms with Gasteiger partial charge in [0.1, 0.15) is 0 Å². The van der Waals surface area contributed by atoms with Crippen molar-refractivity contribution < 1.29 is 9.47 Å². The van der Waals surface area contributed by atoms with Crippen LogP contribution in [0.4, 0.5) is 5.69 Å². The molecular formula is C16H22N2O2. The molecule has 2 fully saturated rings. The van der Waals surface area contributed by atoms with Gasteiger partial charge in [-0.05, 0) is 50.9 Å². The van der Waals surface area contributed by atoms with Crippen molar-refractivity contribution in [3.05, 3.63) is 18.2 Å². The number of ether oxygens (including phenoxy) is 2. The van der Waals surface area contributed by atoms with Crippen LogP contribution in [0.2, 0.25) is 0 Å². The van der Waals surface area contributed by atoms with Gasteiger partial charge in [0.15, 0.2) is 11.5 Å². The third-order valence-corrected chi connectivity index (χ3v) is 4.84. The van der Waals surface area contributed by atoms with Crippen LogP contribution in [0.1, 0.15) is 25.7 Å². The maximum Gasteiger partial charge on any atom is 0.231 e. The summed E-state index contributed by atoms with van der Waals surface area (Å²) < 4.78 is 10.9. The van der Waals surface area contributed by atoms with E-state index in [2.05, 4.69) is 21.9 Å². The molecule has 0 aromatic heterocycles. The molecule has 2 saturated heterocycles. The predicted molar refractivity (Wildman–Crippen MR) is 78.6 cm³/mol. The first-order valence-electron chi connectivity index (χ1n) is 7.79. The summed E-state index contributed by atoms with van der Waals surface area (Å²) in [6.45, 7) is 5.29. The van der Waals surface area contributed by atoms with Crippen LogP contribution in [0.3, 0.4) is 0 Å². The number of piperidine rings is 1. The minimum atomic E-state index is 0.357. The molecule has 0 spiro atoms. The molecule has 0 aliphatic carbocycles. The molecule has 3 heterocycles. The zero-order valence-corrected chi connectivity index (χ0v) is 11.9. The molecular weight excluding hydrogens is 252 g/mol. The molecule has 0 unspecified atom stereocenters. The highest BCUT2D eigenvalue weighted by molar-refractivity contribution is 5.57. The second-order valence-electron chi connectivity index (χ2n) is 6.00. The average molecular weight is 274 g/mol. The van der Waals surface area contributed by atoms with Gasteiger partial charge in [-0.2, -0.15) is 0 Å². The lowest BCUT2D eigenvalue weighted by Gasteiger charge is -2.37. The molecule has 0 N–H and O–H groups in total. The van der Waals surface area contributed by atoms with Crippen molar-refractivity contribution in [1.29, 1.82) is 0 Å². The Hall–Kier alpha value is -1.42. The normalized spacial score (nSPS) is 23.5. The van der Waals surface area contributed by atoms with Gasteiger partial charge in [-0.25, -0.2) is 0 Å². The molecule has 0 atom stereocenters. The van der Waals surface area contributed by atoms with Gasteiger partial charge in [0.05, 0.1) is 0 Å².